The molecule has 0 spiro atoms. The van der Waals surface area contributed by atoms with Crippen LogP contribution in [0.2, 0.25) is 5.15 Å². The van der Waals surface area contributed by atoms with E-state index in [0.29, 0.717) is 5.19 Å². The monoisotopic (exact) mass is 158 g/mol. The molecule has 3 radical (unpaired) electrons. The quantitative estimate of drug-likeness (QED) is 0.400. The molecule has 0 amide bonds. The molecule has 1 heterocycles. The zero-order chi connectivity index (χ0) is 6.85. The van der Waals surface area contributed by atoms with Gasteiger partial charge in [0.2, 0.25) is 0 Å². The maximum Gasteiger partial charge on any atom is 0.164 e. The van der Waals surface area contributed by atoms with E-state index < -0.39 is 5.82 Å². The molecule has 4 heteroatoms. The fraction of sp³-hybridized carbons (Fsp3) is 0. The first-order valence-electron chi connectivity index (χ1n) is 2.23. The number of rotatable bonds is 0. The topological polar surface area (TPSA) is 12.9 Å². The Labute approximate surface area is 60.3 Å². The minimum absolute atomic E-state index is 0.1000. The average molecular weight is 159 g/mol. The molecular formula is C5H2ClFNSi. The average Bonchev–Trinajstić information content (AvgIpc) is 1.80. The Balaban J connectivity index is 3.17. The van der Waals surface area contributed by atoms with Crippen molar-refractivity contribution >= 4 is 27.0 Å². The van der Waals surface area contributed by atoms with Crippen molar-refractivity contribution in [1.29, 1.82) is 0 Å². The van der Waals surface area contributed by atoms with Gasteiger partial charge in [-0.25, -0.2) is 9.37 Å². The first-order chi connectivity index (χ1) is 4.20. The minimum atomic E-state index is -0.510. The Morgan fingerprint density at radius 1 is 1.67 bits per heavy atom. The van der Waals surface area contributed by atoms with Gasteiger partial charge in [-0.1, -0.05) is 11.6 Å². The van der Waals surface area contributed by atoms with Gasteiger partial charge >= 0.3 is 0 Å². The third kappa shape index (κ3) is 1.49. The van der Waals surface area contributed by atoms with E-state index in [1.54, 1.807) is 0 Å². The summed E-state index contributed by atoms with van der Waals surface area (Å²) in [6.45, 7) is 0. The van der Waals surface area contributed by atoms with Crippen LogP contribution in [-0.2, 0) is 0 Å². The summed E-state index contributed by atoms with van der Waals surface area (Å²) in [7, 11) is 3.08. The van der Waals surface area contributed by atoms with Crippen LogP contribution in [-0.4, -0.2) is 15.2 Å². The summed E-state index contributed by atoms with van der Waals surface area (Å²) in [4.78, 5) is 3.52. The van der Waals surface area contributed by atoms with E-state index in [2.05, 4.69) is 15.2 Å². The molecule has 0 bridgehead atoms. The number of halogens is 2. The van der Waals surface area contributed by atoms with Crippen molar-refractivity contribution < 1.29 is 4.39 Å². The van der Waals surface area contributed by atoms with Crippen molar-refractivity contribution in [3.8, 4) is 0 Å². The maximum absolute atomic E-state index is 12.4. The number of nitrogens with zero attached hydrogens (tertiary/aromatic N) is 1. The van der Waals surface area contributed by atoms with E-state index in [1.807, 2.05) is 0 Å². The lowest BCUT2D eigenvalue weighted by Crippen LogP contribution is -2.03. The Kier molecular flexibility index (Phi) is 1.83. The lowest BCUT2D eigenvalue weighted by Gasteiger charge is -1.91. The van der Waals surface area contributed by atoms with Crippen molar-refractivity contribution in [3.05, 3.63) is 23.2 Å². The van der Waals surface area contributed by atoms with Gasteiger partial charge in [-0.05, 0) is 11.3 Å². The second-order valence-electron chi connectivity index (χ2n) is 1.50. The summed E-state index contributed by atoms with van der Waals surface area (Å²) in [5, 5.41) is 0.480. The fourth-order valence-corrected chi connectivity index (χ4v) is 0.716. The Morgan fingerprint density at radius 2 is 2.33 bits per heavy atom. The van der Waals surface area contributed by atoms with E-state index in [-0.39, 0.29) is 5.15 Å². The predicted molar refractivity (Wildman–Crippen MR) is 34.6 cm³/mol. The van der Waals surface area contributed by atoms with Crippen LogP contribution in [0.15, 0.2) is 12.3 Å². The smallest absolute Gasteiger partial charge is 0.164 e. The van der Waals surface area contributed by atoms with E-state index >= 15 is 0 Å². The molecule has 0 aliphatic rings. The van der Waals surface area contributed by atoms with Crippen LogP contribution in [0.5, 0.6) is 0 Å². The van der Waals surface area contributed by atoms with Gasteiger partial charge in [0.25, 0.3) is 0 Å². The molecule has 0 saturated heterocycles. The van der Waals surface area contributed by atoms with Gasteiger partial charge < -0.3 is 0 Å². The van der Waals surface area contributed by atoms with Crippen LogP contribution in [0, 0.1) is 5.82 Å². The Hall–Kier alpha value is -0.413. The highest BCUT2D eigenvalue weighted by Gasteiger charge is 1.97. The molecule has 0 saturated carbocycles. The normalized spacial score (nSPS) is 9.67. The summed E-state index contributed by atoms with van der Waals surface area (Å²) in [6.07, 6.45) is 1.43. The lowest BCUT2D eigenvalue weighted by atomic mass is 10.5. The molecule has 1 aromatic rings. The van der Waals surface area contributed by atoms with Crippen molar-refractivity contribution in [2.24, 2.45) is 0 Å². The first-order valence-corrected chi connectivity index (χ1v) is 3.10. The molecule has 0 aromatic carbocycles. The van der Waals surface area contributed by atoms with E-state index in [0.717, 1.165) is 0 Å². The van der Waals surface area contributed by atoms with Crippen molar-refractivity contribution in [1.82, 2.24) is 4.98 Å². The molecule has 0 atom stereocenters. The molecule has 0 aliphatic carbocycles. The van der Waals surface area contributed by atoms with E-state index in [9.17, 15) is 4.39 Å². The number of pyridine rings is 1. The molecule has 1 nitrogen and oxygen atoms in total. The SMILES string of the molecule is Fc1cc([Si])cnc1Cl. The van der Waals surface area contributed by atoms with Gasteiger partial charge in [0, 0.05) is 6.20 Å². The standard InChI is InChI=1S/C5H2ClFNSi/c6-5-4(7)1-3(9)2-8-5/h1-2H. The molecule has 0 fully saturated rings. The van der Waals surface area contributed by atoms with Gasteiger partial charge in [-0.15, -0.1) is 0 Å². The van der Waals surface area contributed by atoms with Crippen LogP contribution >= 0.6 is 11.6 Å². The summed E-state index contributed by atoms with van der Waals surface area (Å²) >= 11 is 5.27. The molecule has 1 aromatic heterocycles. The fourth-order valence-electron chi connectivity index (χ4n) is 0.421. The van der Waals surface area contributed by atoms with E-state index in [1.165, 1.54) is 12.3 Å². The molecule has 1 rings (SSSR count). The summed E-state index contributed by atoms with van der Waals surface area (Å²) in [5.41, 5.74) is 0. The molecule has 0 aliphatic heterocycles. The molecule has 0 unspecified atom stereocenters. The summed E-state index contributed by atoms with van der Waals surface area (Å²) in [6, 6.07) is 1.26. The third-order valence-electron chi connectivity index (χ3n) is 0.796. The van der Waals surface area contributed by atoms with Crippen LogP contribution < -0.4 is 5.19 Å². The van der Waals surface area contributed by atoms with Gasteiger partial charge in [0.05, 0.1) is 10.2 Å². The van der Waals surface area contributed by atoms with Gasteiger partial charge in [0.1, 0.15) is 0 Å². The molecule has 0 N–H and O–H groups in total. The van der Waals surface area contributed by atoms with Crippen LogP contribution in [0.25, 0.3) is 0 Å². The summed E-state index contributed by atoms with van der Waals surface area (Å²) in [5.74, 6) is -0.510. The zero-order valence-electron chi connectivity index (χ0n) is 4.36. The van der Waals surface area contributed by atoms with E-state index in [4.69, 9.17) is 11.6 Å². The molecule has 9 heavy (non-hydrogen) atoms. The van der Waals surface area contributed by atoms with Gasteiger partial charge in [0.15, 0.2) is 11.0 Å². The lowest BCUT2D eigenvalue weighted by molar-refractivity contribution is 0.623. The number of hydrogen-bond acceptors (Lipinski definition) is 1. The van der Waals surface area contributed by atoms with Crippen molar-refractivity contribution in [3.63, 3.8) is 0 Å². The first kappa shape index (κ1) is 6.70. The van der Waals surface area contributed by atoms with Crippen LogP contribution in [0.1, 0.15) is 0 Å². The third-order valence-corrected chi connectivity index (χ3v) is 1.35. The second-order valence-corrected chi connectivity index (χ2v) is 2.43. The Bertz CT molecular complexity index is 228. The second kappa shape index (κ2) is 2.45. The van der Waals surface area contributed by atoms with Gasteiger partial charge in [-0.3, -0.25) is 0 Å². The maximum atomic E-state index is 12.4. The largest absolute Gasteiger partial charge is 0.242 e. The Morgan fingerprint density at radius 3 is 2.78 bits per heavy atom. The highest BCUT2D eigenvalue weighted by molar-refractivity contribution is 6.33. The number of hydrogen-bond donors (Lipinski definition) is 0. The zero-order valence-corrected chi connectivity index (χ0v) is 6.11. The van der Waals surface area contributed by atoms with Crippen LogP contribution in [0.3, 0.4) is 0 Å². The van der Waals surface area contributed by atoms with Crippen molar-refractivity contribution in [2.45, 2.75) is 0 Å². The number of aromatic nitrogens is 1. The van der Waals surface area contributed by atoms with Gasteiger partial charge in [-0.2, -0.15) is 0 Å². The molecule has 45 valence electrons. The highest BCUT2D eigenvalue weighted by Crippen LogP contribution is 2.05. The summed E-state index contributed by atoms with van der Waals surface area (Å²) < 4.78 is 12.4. The highest BCUT2D eigenvalue weighted by atomic mass is 35.5. The van der Waals surface area contributed by atoms with Crippen LogP contribution in [0.4, 0.5) is 4.39 Å². The predicted octanol–water partition coefficient (Wildman–Crippen LogP) is 0.668. The molecular weight excluding hydrogens is 157 g/mol. The minimum Gasteiger partial charge on any atom is -0.242 e. The van der Waals surface area contributed by atoms with Crippen molar-refractivity contribution in [2.75, 3.05) is 0 Å².